The van der Waals surface area contributed by atoms with E-state index in [9.17, 15) is 0 Å². The third kappa shape index (κ3) is 8.98. The molecule has 0 N–H and O–H groups in total. The monoisotopic (exact) mass is 200 g/mol. The average Bonchev–Trinajstić information content (AvgIpc) is 0. The molecule has 0 spiro atoms. The van der Waals surface area contributed by atoms with Crippen LogP contribution in [0, 0.1) is 0 Å². The Hall–Kier alpha value is 3.25. The fourth-order valence-electron chi connectivity index (χ4n) is 0. The first-order valence-corrected chi connectivity index (χ1v) is 0. The van der Waals surface area contributed by atoms with Gasteiger partial charge >= 0.3 is 84.1 Å². The normalized spacial score (nSPS) is 0. The molecule has 0 aromatic carbocycles. The van der Waals surface area contributed by atoms with Crippen molar-refractivity contribution in [3.63, 3.8) is 0 Å². The molecule has 0 atom stereocenters. The van der Waals surface area contributed by atoms with Crippen LogP contribution in [0.2, 0.25) is 0 Å². The van der Waals surface area contributed by atoms with Gasteiger partial charge in [-0.25, -0.2) is 0 Å². The summed E-state index contributed by atoms with van der Waals surface area (Å²) < 4.78 is 0. The van der Waals surface area contributed by atoms with Crippen molar-refractivity contribution in [1.29, 1.82) is 0 Å². The number of hydrogen-bond donors (Lipinski definition) is 0. The number of hydrogen-bond acceptors (Lipinski definition) is 0. The molecule has 0 aliphatic carbocycles. The fraction of sp³-hybridized carbons (Fsp3) is 0. The van der Waals surface area contributed by atoms with E-state index in [1.165, 1.54) is 0 Å². The summed E-state index contributed by atoms with van der Waals surface area (Å²) in [4.78, 5) is 0. The Bertz CT molecular complexity index is 8.00. The van der Waals surface area contributed by atoms with Crippen LogP contribution in [0.4, 0.5) is 0 Å². The van der Waals surface area contributed by atoms with Gasteiger partial charge in [-0.15, -0.1) is 0 Å². The van der Waals surface area contributed by atoms with Gasteiger partial charge in [0.25, 0.3) is 0 Å². The molecule has 18 valence electrons. The molecule has 0 nitrogen and oxygen atoms in total. The Morgan fingerprint density at radius 1 is 1.00 bits per heavy atom. The maximum absolute atomic E-state index is 0. The van der Waals surface area contributed by atoms with Gasteiger partial charge in [0.2, 0.25) is 0 Å². The molecule has 0 saturated carbocycles. The Balaban J connectivity index is 0. The summed E-state index contributed by atoms with van der Waals surface area (Å²) in [5.74, 6) is 0. The quantitative estimate of drug-likeness (QED) is 0.350. The van der Waals surface area contributed by atoms with Gasteiger partial charge in [-0.05, 0) is 0 Å². The zero-order valence-electron chi connectivity index (χ0n) is 0. The van der Waals surface area contributed by atoms with Gasteiger partial charge < -0.3 is 0 Å². The van der Waals surface area contributed by atoms with Crippen molar-refractivity contribution in [1.82, 2.24) is 0 Å². The Morgan fingerprint density at radius 3 is 1.00 bits per heavy atom. The molecule has 4 heteroatoms. The minimum atomic E-state index is 0. The molecule has 0 amide bonds. The van der Waals surface area contributed by atoms with Crippen LogP contribution in [0.1, 0.15) is 0 Å². The van der Waals surface area contributed by atoms with Crippen molar-refractivity contribution < 1.29 is 0 Å². The first kappa shape index (κ1) is 26.8. The predicted molar refractivity (Wildman–Crippen MR) is 35.6 cm³/mol. The molecule has 0 radical (unpaired) electrons. The third-order valence-electron chi connectivity index (χ3n) is 0. The summed E-state index contributed by atoms with van der Waals surface area (Å²) in [7, 11) is 0. The van der Waals surface area contributed by atoms with Crippen molar-refractivity contribution in [2.75, 3.05) is 0 Å². The van der Waals surface area contributed by atoms with Crippen LogP contribution in [-0.4, -0.2) is 101 Å². The summed E-state index contributed by atoms with van der Waals surface area (Å²) >= 11 is 0. The second-order valence-corrected chi connectivity index (χ2v) is 0. The Kier molecular flexibility index (Phi) is 109. The zero-order valence-corrected chi connectivity index (χ0v) is 0. The summed E-state index contributed by atoms with van der Waals surface area (Å²) in [6, 6.07) is 0. The van der Waals surface area contributed by atoms with Crippen molar-refractivity contribution in [2.24, 2.45) is 0 Å². The van der Waals surface area contributed by atoms with E-state index in [1.54, 1.807) is 0 Å². The van der Waals surface area contributed by atoms with Gasteiger partial charge in [-0.3, -0.25) is 0 Å². The van der Waals surface area contributed by atoms with Crippen LogP contribution in [0.5, 0.6) is 0 Å². The standard InChI is InChI=1S/Al.Ga.Li.Sr.9H. The summed E-state index contributed by atoms with van der Waals surface area (Å²) in [5.41, 5.74) is 0. The van der Waals surface area contributed by atoms with Crippen molar-refractivity contribution >= 4 is 101 Å². The van der Waals surface area contributed by atoms with E-state index in [2.05, 4.69) is 0 Å². The van der Waals surface area contributed by atoms with E-state index in [-0.39, 0.29) is 101 Å². The molecule has 0 aromatic heterocycles. The molecule has 0 bridgehead atoms. The molecule has 0 saturated heterocycles. The average molecular weight is 200 g/mol. The molecule has 0 heterocycles. The molecule has 0 aromatic rings. The van der Waals surface area contributed by atoms with E-state index in [4.69, 9.17) is 0 Å². The van der Waals surface area contributed by atoms with Gasteiger partial charge in [-0.1, -0.05) is 0 Å². The topological polar surface area (TPSA) is 0 Å². The third-order valence-corrected chi connectivity index (χ3v) is 0. The Labute approximate surface area is 99.1 Å². The summed E-state index contributed by atoms with van der Waals surface area (Å²) in [6.07, 6.45) is 0. The van der Waals surface area contributed by atoms with Crippen LogP contribution < -0.4 is 0 Å². The molecule has 0 fully saturated rings. The van der Waals surface area contributed by atoms with E-state index in [1.807, 2.05) is 0 Å². The second-order valence-electron chi connectivity index (χ2n) is 0. The van der Waals surface area contributed by atoms with Crippen LogP contribution in [0.25, 0.3) is 0 Å². The molecule has 0 aliphatic heterocycles. The number of rotatable bonds is 0. The molecule has 0 rings (SSSR count). The van der Waals surface area contributed by atoms with Crippen LogP contribution in [0.3, 0.4) is 0 Å². The molecular weight excluding hydrogens is 191 g/mol. The van der Waals surface area contributed by atoms with Gasteiger partial charge in [0.15, 0.2) is 17.4 Å². The zero-order chi connectivity index (χ0) is 0. The first-order chi connectivity index (χ1) is 0. The summed E-state index contributed by atoms with van der Waals surface area (Å²) in [6.45, 7) is 0. The van der Waals surface area contributed by atoms with Gasteiger partial charge in [0.05, 0.1) is 0 Å². The van der Waals surface area contributed by atoms with E-state index >= 15 is 0 Å². The second kappa shape index (κ2) is 16.3. The van der Waals surface area contributed by atoms with Gasteiger partial charge in [0, 0.05) is 0 Å². The van der Waals surface area contributed by atoms with Gasteiger partial charge in [0.1, 0.15) is 0 Å². The predicted octanol–water partition coefficient (Wildman–Crippen LogP) is -3.93. The van der Waals surface area contributed by atoms with Crippen LogP contribution >= 0.6 is 0 Å². The van der Waals surface area contributed by atoms with Crippen molar-refractivity contribution in [3.05, 3.63) is 0 Å². The Morgan fingerprint density at radius 2 is 1.00 bits per heavy atom. The first-order valence-electron chi connectivity index (χ1n) is 0. The minimum absolute atomic E-state index is 0. The molecule has 4 heavy (non-hydrogen) atoms. The van der Waals surface area contributed by atoms with Crippen LogP contribution in [0.15, 0.2) is 0 Å². The van der Waals surface area contributed by atoms with E-state index in [0.717, 1.165) is 0 Å². The SMILES string of the molecule is [AlH3].[GaH3].[LiH].[SrH2]. The van der Waals surface area contributed by atoms with E-state index in [0.29, 0.717) is 0 Å². The molecule has 0 unspecified atom stereocenters. The van der Waals surface area contributed by atoms with E-state index < -0.39 is 0 Å². The fourth-order valence-corrected chi connectivity index (χ4v) is 0. The van der Waals surface area contributed by atoms with Crippen LogP contribution in [-0.2, 0) is 0 Å². The molecular formula is H9AlGaLiSr. The van der Waals surface area contributed by atoms with Crippen molar-refractivity contribution in [3.8, 4) is 0 Å². The maximum atomic E-state index is 0. The summed E-state index contributed by atoms with van der Waals surface area (Å²) in [5, 5.41) is 0. The van der Waals surface area contributed by atoms with Gasteiger partial charge in [-0.2, -0.15) is 0 Å². The van der Waals surface area contributed by atoms with Crippen molar-refractivity contribution in [2.45, 2.75) is 0 Å². The molecule has 0 aliphatic rings.